The van der Waals surface area contributed by atoms with Gasteiger partial charge >= 0.3 is 29.8 Å². The van der Waals surface area contributed by atoms with E-state index in [9.17, 15) is 34.0 Å². The van der Waals surface area contributed by atoms with Crippen molar-refractivity contribution in [2.24, 2.45) is 21.7 Å². The SMILES string of the molecule is COC(=O)C1(C)OC(C)(COC[C@@]2(C)[C@](C)(NC(C)=O)C(C)(OCc3ccccc3)OC(C)(COC(C)=O)[C@@]2(C)OSOOO)[C@@](C)(OC(=O)C(C)(C)C)[C@@](C)(OC(=O)C(C)(C)C)[C@]1(C)OC(=O)C(C)(C)C. The Labute approximate surface area is 429 Å². The fourth-order valence-electron chi connectivity index (χ4n) is 9.45. The largest absolute Gasteiger partial charge is 0.467 e. The molecule has 21 heteroatoms. The maximum Gasteiger partial charge on any atom is 0.342 e. The van der Waals surface area contributed by atoms with Crippen LogP contribution in [0.3, 0.4) is 0 Å². The fraction of sp³-hybridized carbons (Fsp3) is 0.765. The number of esters is 5. The Morgan fingerprint density at radius 2 is 1.11 bits per heavy atom. The summed E-state index contributed by atoms with van der Waals surface area (Å²) in [7, 11) is 1.10. The van der Waals surface area contributed by atoms with E-state index in [2.05, 4.69) is 10.4 Å². The quantitative estimate of drug-likeness (QED) is 0.0357. The molecule has 20 nitrogen and oxygen atoms in total. The molecule has 2 heterocycles. The molecule has 2 aliphatic rings. The van der Waals surface area contributed by atoms with Crippen LogP contribution < -0.4 is 5.32 Å². The summed E-state index contributed by atoms with van der Waals surface area (Å²) < 4.78 is 69.5. The van der Waals surface area contributed by atoms with Crippen LogP contribution in [0.4, 0.5) is 0 Å². The first kappa shape index (κ1) is 62.4. The standard InChI is InChI=1S/C51H81NO19S/c1-32(53)52-46(16)42(12,47(17,69-72-71-70-59)44(14,31-62-33(2)54)68-51(46,21)63-28-34-26-24-23-25-27-34)29-61-30-43(13)48(18,64-35(55)39(3,4)5)50(20,66-37(57)41(9,10)11)49(19,65-36(56)40(6,7)8)45(15,67-43)38(58)60-22/h23-27,59H,28-31H2,1-22H3,(H,52,53)/t42-,43?,44?,45?,46-,47-,48+,49+,50+,51?/m0/s1. The summed E-state index contributed by atoms with van der Waals surface area (Å²) in [5, 5.41) is 16.2. The second-order valence-electron chi connectivity index (χ2n) is 23.7. The van der Waals surface area contributed by atoms with Crippen LogP contribution in [-0.4, -0.2) is 118 Å². The van der Waals surface area contributed by atoms with Crippen molar-refractivity contribution in [3.63, 3.8) is 0 Å². The zero-order valence-corrected chi connectivity index (χ0v) is 47.2. The summed E-state index contributed by atoms with van der Waals surface area (Å²) in [5.41, 5.74) is -21.5. The predicted molar refractivity (Wildman–Crippen MR) is 261 cm³/mol. The highest BCUT2D eigenvalue weighted by atomic mass is 32.2. The van der Waals surface area contributed by atoms with Crippen molar-refractivity contribution in [2.45, 2.75) is 203 Å². The summed E-state index contributed by atoms with van der Waals surface area (Å²) in [6, 6.07) is 9.14. The second kappa shape index (κ2) is 21.0. The number of amides is 1. The number of hydrogen-bond acceptors (Lipinski definition) is 20. The average molecular weight is 1040 g/mol. The van der Waals surface area contributed by atoms with E-state index < -0.39 is 128 Å². The minimum absolute atomic E-state index is 0.0547. The summed E-state index contributed by atoms with van der Waals surface area (Å²) >= 11 is 0.191. The van der Waals surface area contributed by atoms with Gasteiger partial charge in [-0.25, -0.2) is 10.1 Å². The molecule has 1 aromatic carbocycles. The van der Waals surface area contributed by atoms with Crippen LogP contribution in [0.1, 0.15) is 151 Å². The van der Waals surface area contributed by atoms with Gasteiger partial charge < -0.3 is 47.9 Å². The maximum atomic E-state index is 14.6. The molecule has 0 radical (unpaired) electrons. The Balaban J connectivity index is 2.55. The van der Waals surface area contributed by atoms with Crippen LogP contribution in [0.15, 0.2) is 30.3 Å². The van der Waals surface area contributed by atoms with Crippen molar-refractivity contribution < 1.29 is 90.2 Å². The molecular formula is C51H81NO19S. The smallest absolute Gasteiger partial charge is 0.342 e. The highest BCUT2D eigenvalue weighted by molar-refractivity contribution is 7.89. The zero-order valence-electron chi connectivity index (χ0n) is 46.4. The average Bonchev–Trinajstić information content (AvgIpc) is 3.24. The molecule has 3 rings (SSSR count). The van der Waals surface area contributed by atoms with Crippen molar-refractivity contribution in [3.05, 3.63) is 35.9 Å². The number of nitrogens with one attached hydrogen (secondary N) is 1. The molecule has 0 bridgehead atoms. The first-order valence-electron chi connectivity index (χ1n) is 23.7. The van der Waals surface area contributed by atoms with Crippen molar-refractivity contribution in [3.8, 4) is 0 Å². The van der Waals surface area contributed by atoms with Crippen LogP contribution in [0, 0.1) is 21.7 Å². The first-order valence-corrected chi connectivity index (χ1v) is 24.3. The maximum absolute atomic E-state index is 14.6. The molecule has 0 aliphatic carbocycles. The third kappa shape index (κ3) is 10.9. The summed E-state index contributed by atoms with van der Waals surface area (Å²) in [6.45, 7) is 30.2. The summed E-state index contributed by atoms with van der Waals surface area (Å²) in [5.74, 6) is -6.64. The molecule has 2 saturated heterocycles. The van der Waals surface area contributed by atoms with E-state index in [0.29, 0.717) is 0 Å². The third-order valence-corrected chi connectivity index (χ3v) is 15.8. The van der Waals surface area contributed by atoms with Gasteiger partial charge in [-0.1, -0.05) is 42.3 Å². The van der Waals surface area contributed by atoms with E-state index in [-0.39, 0.29) is 18.9 Å². The van der Waals surface area contributed by atoms with Gasteiger partial charge in [-0.05, 0) is 130 Å². The molecule has 2 N–H and O–H groups in total. The molecule has 0 aromatic heterocycles. The number of rotatable bonds is 18. The highest BCUT2D eigenvalue weighted by Crippen LogP contribution is 2.63. The minimum Gasteiger partial charge on any atom is -0.467 e. The first-order chi connectivity index (χ1) is 32.5. The highest BCUT2D eigenvalue weighted by Gasteiger charge is 2.84. The van der Waals surface area contributed by atoms with E-state index in [1.807, 2.05) is 30.3 Å². The second-order valence-corrected chi connectivity index (χ2v) is 24.1. The lowest BCUT2D eigenvalue weighted by atomic mass is 9.52. The Morgan fingerprint density at radius 1 is 0.639 bits per heavy atom. The summed E-state index contributed by atoms with van der Waals surface area (Å²) in [4.78, 5) is 84.0. The van der Waals surface area contributed by atoms with Gasteiger partial charge in [0, 0.05) is 13.8 Å². The zero-order chi connectivity index (χ0) is 55.8. The molecule has 4 unspecified atom stereocenters. The van der Waals surface area contributed by atoms with E-state index in [1.165, 1.54) is 48.5 Å². The molecule has 0 saturated carbocycles. The van der Waals surface area contributed by atoms with Gasteiger partial charge in [-0.2, -0.15) is 0 Å². The molecule has 2 fully saturated rings. The molecule has 0 spiro atoms. The molecule has 1 aromatic rings. The lowest BCUT2D eigenvalue weighted by Crippen LogP contribution is -2.88. The van der Waals surface area contributed by atoms with Gasteiger partial charge in [0.15, 0.2) is 34.9 Å². The van der Waals surface area contributed by atoms with Crippen LogP contribution in [0.5, 0.6) is 0 Å². The van der Waals surface area contributed by atoms with Crippen LogP contribution in [-0.2, 0) is 91.6 Å². The van der Waals surface area contributed by atoms with Crippen molar-refractivity contribution in [2.75, 3.05) is 26.9 Å². The Morgan fingerprint density at radius 3 is 1.56 bits per heavy atom. The third-order valence-electron chi connectivity index (χ3n) is 15.3. The van der Waals surface area contributed by atoms with E-state index in [1.54, 1.807) is 96.9 Å². The Bertz CT molecular complexity index is 2170. The van der Waals surface area contributed by atoms with Crippen LogP contribution in [0.25, 0.3) is 0 Å². The number of methoxy groups -OCH3 is 1. The number of carbonyl (C=O) groups is 6. The topological polar surface area (TPSA) is 245 Å². The number of ether oxygens (including phenoxy) is 9. The normalized spacial score (nSPS) is 35.1. The van der Waals surface area contributed by atoms with Crippen molar-refractivity contribution >= 4 is 48.1 Å². The summed E-state index contributed by atoms with van der Waals surface area (Å²) in [6.07, 6.45) is 0. The van der Waals surface area contributed by atoms with Gasteiger partial charge in [0.25, 0.3) is 0 Å². The van der Waals surface area contributed by atoms with Crippen molar-refractivity contribution in [1.82, 2.24) is 5.32 Å². The number of hydrogen-bond donors (Lipinski definition) is 2. The van der Waals surface area contributed by atoms with E-state index >= 15 is 0 Å². The molecular weight excluding hydrogens is 963 g/mol. The van der Waals surface area contributed by atoms with Crippen LogP contribution >= 0.6 is 12.3 Å². The molecule has 410 valence electrons. The van der Waals surface area contributed by atoms with Gasteiger partial charge in [-0.3, -0.25) is 28.2 Å². The van der Waals surface area contributed by atoms with Gasteiger partial charge in [0.2, 0.25) is 11.5 Å². The number of benzene rings is 1. The van der Waals surface area contributed by atoms with Crippen LogP contribution in [0.2, 0.25) is 0 Å². The van der Waals surface area contributed by atoms with Gasteiger partial charge in [0.05, 0.1) is 48.6 Å². The van der Waals surface area contributed by atoms with E-state index in [0.717, 1.165) is 12.7 Å². The lowest BCUT2D eigenvalue weighted by Gasteiger charge is -2.69. The predicted octanol–water partition coefficient (Wildman–Crippen LogP) is 7.71. The fourth-order valence-corrected chi connectivity index (χ4v) is 9.99. The Kier molecular flexibility index (Phi) is 18.2. The molecule has 72 heavy (non-hydrogen) atoms. The number of carbonyl (C=O) groups excluding carboxylic acids is 6. The lowest BCUT2D eigenvalue weighted by molar-refractivity contribution is -0.441. The van der Waals surface area contributed by atoms with Gasteiger partial charge in [-0.15, -0.1) is 4.33 Å². The Hall–Kier alpha value is -3.93. The van der Waals surface area contributed by atoms with E-state index in [4.69, 9.17) is 51.1 Å². The van der Waals surface area contributed by atoms with Crippen molar-refractivity contribution in [1.29, 1.82) is 0 Å². The molecule has 10 atom stereocenters. The monoisotopic (exact) mass is 1040 g/mol. The minimum atomic E-state index is -2.39. The van der Waals surface area contributed by atoms with Gasteiger partial charge in [0.1, 0.15) is 28.9 Å². The molecule has 2 aliphatic heterocycles. The molecule has 1 amide bonds.